The lowest BCUT2D eigenvalue weighted by atomic mass is 10.0. The zero-order chi connectivity index (χ0) is 19.1. The van der Waals surface area contributed by atoms with Gasteiger partial charge >= 0.3 is 0 Å². The molecule has 1 saturated heterocycles. The summed E-state index contributed by atoms with van der Waals surface area (Å²) in [7, 11) is 0. The van der Waals surface area contributed by atoms with Crippen LogP contribution in [0.15, 0.2) is 24.3 Å². The number of nitrogens with zero attached hydrogens (tertiary/aromatic N) is 1. The lowest BCUT2D eigenvalue weighted by molar-refractivity contribution is -0.129. The SMILES string of the molecule is CC(C)CCC[C@H](C)NC(=O)[C@H]1CC(=O)N(CCc2ccc(F)cc2)C1. The van der Waals surface area contributed by atoms with Crippen molar-refractivity contribution in [1.82, 2.24) is 10.2 Å². The number of likely N-dealkylation sites (tertiary alicyclic amines) is 1. The molecule has 1 fully saturated rings. The van der Waals surface area contributed by atoms with Gasteiger partial charge in [-0.25, -0.2) is 4.39 Å². The van der Waals surface area contributed by atoms with Crippen molar-refractivity contribution in [3.05, 3.63) is 35.6 Å². The molecule has 2 amide bonds. The summed E-state index contributed by atoms with van der Waals surface area (Å²) in [5.41, 5.74) is 0.992. The minimum absolute atomic E-state index is 0.0142. The number of rotatable bonds is 9. The first-order valence-corrected chi connectivity index (χ1v) is 9.67. The number of nitrogens with one attached hydrogen (secondary N) is 1. The number of benzene rings is 1. The fourth-order valence-electron chi connectivity index (χ4n) is 3.34. The third-order valence-corrected chi connectivity index (χ3v) is 4.98. The van der Waals surface area contributed by atoms with Crippen molar-refractivity contribution in [3.63, 3.8) is 0 Å². The molecule has 26 heavy (non-hydrogen) atoms. The van der Waals surface area contributed by atoms with Crippen LogP contribution in [0.5, 0.6) is 0 Å². The molecule has 0 bridgehead atoms. The van der Waals surface area contributed by atoms with E-state index in [2.05, 4.69) is 19.2 Å². The summed E-state index contributed by atoms with van der Waals surface area (Å²) in [4.78, 5) is 26.4. The van der Waals surface area contributed by atoms with E-state index in [4.69, 9.17) is 0 Å². The lowest BCUT2D eigenvalue weighted by Crippen LogP contribution is -2.38. The number of carbonyl (C=O) groups is 2. The quantitative estimate of drug-likeness (QED) is 0.730. The predicted molar refractivity (Wildman–Crippen MR) is 101 cm³/mol. The molecule has 1 aliphatic heterocycles. The highest BCUT2D eigenvalue weighted by Gasteiger charge is 2.34. The third-order valence-electron chi connectivity index (χ3n) is 4.98. The van der Waals surface area contributed by atoms with E-state index < -0.39 is 0 Å². The van der Waals surface area contributed by atoms with E-state index in [1.807, 2.05) is 6.92 Å². The normalized spacial score (nSPS) is 18.4. The van der Waals surface area contributed by atoms with Crippen LogP contribution < -0.4 is 5.32 Å². The van der Waals surface area contributed by atoms with Crippen molar-refractivity contribution >= 4 is 11.8 Å². The van der Waals surface area contributed by atoms with Gasteiger partial charge in [0.1, 0.15) is 5.82 Å². The van der Waals surface area contributed by atoms with Gasteiger partial charge in [0.15, 0.2) is 0 Å². The van der Waals surface area contributed by atoms with Crippen LogP contribution in [0.3, 0.4) is 0 Å². The van der Waals surface area contributed by atoms with Crippen LogP contribution >= 0.6 is 0 Å². The molecule has 2 atom stereocenters. The first-order valence-electron chi connectivity index (χ1n) is 9.67. The maximum atomic E-state index is 12.9. The summed E-state index contributed by atoms with van der Waals surface area (Å²) in [5.74, 6) is 0.174. The van der Waals surface area contributed by atoms with Gasteiger partial charge in [0.2, 0.25) is 11.8 Å². The molecule has 1 aliphatic rings. The van der Waals surface area contributed by atoms with Crippen LogP contribution in [0.25, 0.3) is 0 Å². The van der Waals surface area contributed by atoms with Crippen LogP contribution in [-0.4, -0.2) is 35.8 Å². The van der Waals surface area contributed by atoms with Gasteiger partial charge in [-0.15, -0.1) is 0 Å². The van der Waals surface area contributed by atoms with E-state index in [0.29, 0.717) is 25.4 Å². The van der Waals surface area contributed by atoms with Gasteiger partial charge < -0.3 is 10.2 Å². The van der Waals surface area contributed by atoms with E-state index in [1.165, 1.54) is 18.6 Å². The molecular formula is C21H31FN2O2. The van der Waals surface area contributed by atoms with Gasteiger partial charge in [-0.05, 0) is 43.4 Å². The Balaban J connectivity index is 1.75. The summed E-state index contributed by atoms with van der Waals surface area (Å²) >= 11 is 0. The van der Waals surface area contributed by atoms with Crippen molar-refractivity contribution in [2.45, 2.75) is 58.9 Å². The lowest BCUT2D eigenvalue weighted by Gasteiger charge is -2.19. The van der Waals surface area contributed by atoms with Gasteiger partial charge in [-0.3, -0.25) is 9.59 Å². The molecule has 1 aromatic carbocycles. The molecule has 0 unspecified atom stereocenters. The summed E-state index contributed by atoms with van der Waals surface area (Å²) in [6.07, 6.45) is 4.20. The molecule has 1 N–H and O–H groups in total. The van der Waals surface area contributed by atoms with E-state index in [1.54, 1.807) is 17.0 Å². The average Bonchev–Trinajstić information content (AvgIpc) is 2.95. The Morgan fingerprint density at radius 3 is 2.58 bits per heavy atom. The molecular weight excluding hydrogens is 331 g/mol. The van der Waals surface area contributed by atoms with Crippen molar-refractivity contribution in [2.24, 2.45) is 11.8 Å². The monoisotopic (exact) mass is 362 g/mol. The molecule has 0 aliphatic carbocycles. The Kier molecular flexibility index (Phi) is 7.61. The fraction of sp³-hybridized carbons (Fsp3) is 0.619. The molecule has 1 aromatic rings. The minimum Gasteiger partial charge on any atom is -0.353 e. The number of carbonyl (C=O) groups excluding carboxylic acids is 2. The molecule has 0 spiro atoms. The van der Waals surface area contributed by atoms with Gasteiger partial charge in [-0.2, -0.15) is 0 Å². The predicted octanol–water partition coefficient (Wildman–Crippen LogP) is 3.55. The van der Waals surface area contributed by atoms with E-state index in [0.717, 1.165) is 18.4 Å². The van der Waals surface area contributed by atoms with Crippen LogP contribution in [-0.2, 0) is 16.0 Å². The maximum Gasteiger partial charge on any atom is 0.225 e. The number of hydrogen-bond acceptors (Lipinski definition) is 2. The number of amides is 2. The first kappa shape index (κ1) is 20.4. The summed E-state index contributed by atoms with van der Waals surface area (Å²) < 4.78 is 12.9. The molecule has 0 saturated carbocycles. The van der Waals surface area contributed by atoms with Crippen LogP contribution in [0.2, 0.25) is 0 Å². The molecule has 0 aromatic heterocycles. The van der Waals surface area contributed by atoms with Crippen LogP contribution in [0, 0.1) is 17.7 Å². The smallest absolute Gasteiger partial charge is 0.225 e. The standard InChI is InChI=1S/C21H31FN2O2/c1-15(2)5-4-6-16(3)23-21(26)18-13-20(25)24(14-18)12-11-17-7-9-19(22)10-8-17/h7-10,15-16,18H,4-6,11-14H2,1-3H3,(H,23,26)/t16-,18-/m0/s1. The second-order valence-electron chi connectivity index (χ2n) is 7.85. The summed E-state index contributed by atoms with van der Waals surface area (Å²) in [6, 6.07) is 6.47. The van der Waals surface area contributed by atoms with Crippen LogP contribution in [0.1, 0.15) is 52.0 Å². The zero-order valence-corrected chi connectivity index (χ0v) is 16.1. The van der Waals surface area contributed by atoms with Gasteiger partial charge in [-0.1, -0.05) is 38.8 Å². The third kappa shape index (κ3) is 6.43. The van der Waals surface area contributed by atoms with Gasteiger partial charge in [0.25, 0.3) is 0 Å². The van der Waals surface area contributed by atoms with Gasteiger partial charge in [0, 0.05) is 25.6 Å². The van der Waals surface area contributed by atoms with Crippen LogP contribution in [0.4, 0.5) is 4.39 Å². The molecule has 144 valence electrons. The Morgan fingerprint density at radius 2 is 1.92 bits per heavy atom. The van der Waals surface area contributed by atoms with E-state index in [9.17, 15) is 14.0 Å². The topological polar surface area (TPSA) is 49.4 Å². The fourth-order valence-corrected chi connectivity index (χ4v) is 3.34. The first-order chi connectivity index (χ1) is 12.3. The zero-order valence-electron chi connectivity index (χ0n) is 16.1. The largest absolute Gasteiger partial charge is 0.353 e. The second kappa shape index (κ2) is 9.70. The molecule has 1 heterocycles. The molecule has 2 rings (SSSR count). The minimum atomic E-state index is -0.261. The van der Waals surface area contributed by atoms with Crippen molar-refractivity contribution < 1.29 is 14.0 Å². The van der Waals surface area contributed by atoms with E-state index >= 15 is 0 Å². The summed E-state index contributed by atoms with van der Waals surface area (Å²) in [5, 5.41) is 3.06. The van der Waals surface area contributed by atoms with Gasteiger partial charge in [0.05, 0.1) is 5.92 Å². The second-order valence-corrected chi connectivity index (χ2v) is 7.85. The molecule has 5 heteroatoms. The Hall–Kier alpha value is -1.91. The number of halogens is 1. The Morgan fingerprint density at radius 1 is 1.23 bits per heavy atom. The average molecular weight is 362 g/mol. The van der Waals surface area contributed by atoms with E-state index in [-0.39, 0.29) is 36.0 Å². The highest BCUT2D eigenvalue weighted by Crippen LogP contribution is 2.19. The van der Waals surface area contributed by atoms with Crippen molar-refractivity contribution in [2.75, 3.05) is 13.1 Å². The maximum absolute atomic E-state index is 12.9. The number of hydrogen-bond donors (Lipinski definition) is 1. The molecule has 4 nitrogen and oxygen atoms in total. The molecule has 0 radical (unpaired) electrons. The Bertz CT molecular complexity index is 601. The Labute approximate surface area is 156 Å². The highest BCUT2D eigenvalue weighted by molar-refractivity contribution is 5.89. The summed E-state index contributed by atoms with van der Waals surface area (Å²) in [6.45, 7) is 7.48. The van der Waals surface area contributed by atoms with Crippen molar-refractivity contribution in [1.29, 1.82) is 0 Å². The van der Waals surface area contributed by atoms with Crippen molar-refractivity contribution in [3.8, 4) is 0 Å². The highest BCUT2D eigenvalue weighted by atomic mass is 19.1.